The molecule has 8 nitrogen and oxygen atoms in total. The number of carboxylic acids is 1. The van der Waals surface area contributed by atoms with Crippen LogP contribution in [-0.4, -0.2) is 61.9 Å². The molecule has 0 bridgehead atoms. The first-order valence-electron chi connectivity index (χ1n) is 9.71. The molecule has 0 saturated carbocycles. The lowest BCUT2D eigenvalue weighted by Gasteiger charge is -2.32. The third kappa shape index (κ3) is 4.27. The molecule has 2 aromatic rings. The molecule has 2 saturated heterocycles. The molecule has 27 heavy (non-hydrogen) atoms. The van der Waals surface area contributed by atoms with Crippen LogP contribution in [0, 0.1) is 0 Å². The summed E-state index contributed by atoms with van der Waals surface area (Å²) < 4.78 is 1.62. The van der Waals surface area contributed by atoms with Crippen molar-refractivity contribution in [1.29, 1.82) is 0 Å². The molecule has 144 valence electrons. The van der Waals surface area contributed by atoms with Gasteiger partial charge in [0, 0.05) is 61.9 Å². The number of anilines is 1. The Bertz CT molecular complexity index is 769. The van der Waals surface area contributed by atoms with E-state index >= 15 is 0 Å². The minimum absolute atomic E-state index is 0.0787. The number of carbonyl (C=O) groups is 1. The predicted molar refractivity (Wildman–Crippen MR) is 101 cm³/mol. The van der Waals surface area contributed by atoms with Crippen LogP contribution >= 0.6 is 0 Å². The van der Waals surface area contributed by atoms with Crippen LogP contribution in [0.15, 0.2) is 24.7 Å². The average Bonchev–Trinajstić information content (AvgIpc) is 3.34. The second kappa shape index (κ2) is 8.04. The van der Waals surface area contributed by atoms with E-state index in [0.29, 0.717) is 5.92 Å². The first kappa shape index (κ1) is 17.9. The van der Waals surface area contributed by atoms with Crippen molar-refractivity contribution in [2.75, 3.05) is 31.1 Å². The molecule has 8 heteroatoms. The zero-order valence-electron chi connectivity index (χ0n) is 15.5. The highest BCUT2D eigenvalue weighted by Gasteiger charge is 2.25. The van der Waals surface area contributed by atoms with Gasteiger partial charge in [0.15, 0.2) is 0 Å². The molecule has 2 aliphatic heterocycles. The molecule has 2 aromatic heterocycles. The van der Waals surface area contributed by atoms with Gasteiger partial charge in [0.1, 0.15) is 6.54 Å². The molecule has 0 aromatic carbocycles. The first-order chi connectivity index (χ1) is 13.2. The lowest BCUT2D eigenvalue weighted by atomic mass is 9.94. The molecular formula is C19H26N6O2. The van der Waals surface area contributed by atoms with Crippen molar-refractivity contribution in [2.24, 2.45) is 0 Å². The van der Waals surface area contributed by atoms with Gasteiger partial charge in [-0.3, -0.25) is 14.4 Å². The van der Waals surface area contributed by atoms with Gasteiger partial charge in [-0.2, -0.15) is 5.10 Å². The first-order valence-corrected chi connectivity index (χ1v) is 9.71. The smallest absolute Gasteiger partial charge is 0.325 e. The topological polar surface area (TPSA) is 87.4 Å². The summed E-state index contributed by atoms with van der Waals surface area (Å²) in [4.78, 5) is 24.8. The number of aliphatic carboxylic acids is 1. The minimum atomic E-state index is -0.858. The number of likely N-dealkylation sites (tertiary alicyclic amines) is 1. The van der Waals surface area contributed by atoms with Gasteiger partial charge in [-0.25, -0.2) is 9.97 Å². The fraction of sp³-hybridized carbons (Fsp3) is 0.579. The van der Waals surface area contributed by atoms with Gasteiger partial charge >= 0.3 is 5.97 Å². The lowest BCUT2D eigenvalue weighted by molar-refractivity contribution is -0.137. The summed E-state index contributed by atoms with van der Waals surface area (Å²) >= 11 is 0. The quantitative estimate of drug-likeness (QED) is 0.829. The fourth-order valence-corrected chi connectivity index (χ4v) is 4.16. The maximum atomic E-state index is 11.0. The van der Waals surface area contributed by atoms with E-state index in [-0.39, 0.29) is 6.54 Å². The van der Waals surface area contributed by atoms with Crippen molar-refractivity contribution in [2.45, 2.75) is 44.7 Å². The molecule has 1 atom stereocenters. The normalized spacial score (nSPS) is 20.9. The van der Waals surface area contributed by atoms with Gasteiger partial charge in [0.2, 0.25) is 5.95 Å². The van der Waals surface area contributed by atoms with Crippen LogP contribution in [0.4, 0.5) is 5.95 Å². The summed E-state index contributed by atoms with van der Waals surface area (Å²) in [6, 6.07) is 1.95. The van der Waals surface area contributed by atoms with Gasteiger partial charge in [0.25, 0.3) is 0 Å². The van der Waals surface area contributed by atoms with Crippen LogP contribution < -0.4 is 4.90 Å². The predicted octanol–water partition coefficient (Wildman–Crippen LogP) is 1.74. The van der Waals surface area contributed by atoms with Crippen LogP contribution in [0.25, 0.3) is 0 Å². The Morgan fingerprint density at radius 1 is 1.15 bits per heavy atom. The Morgan fingerprint density at radius 2 is 1.93 bits per heavy atom. The molecule has 4 heterocycles. The van der Waals surface area contributed by atoms with Gasteiger partial charge in [0.05, 0.1) is 0 Å². The molecule has 4 rings (SSSR count). The van der Waals surface area contributed by atoms with Crippen molar-refractivity contribution in [3.8, 4) is 0 Å². The van der Waals surface area contributed by atoms with Gasteiger partial charge < -0.3 is 10.0 Å². The minimum Gasteiger partial charge on any atom is -0.480 e. The van der Waals surface area contributed by atoms with E-state index in [2.05, 4.69) is 24.9 Å². The Labute approximate surface area is 158 Å². The maximum absolute atomic E-state index is 11.0. The van der Waals surface area contributed by atoms with Crippen molar-refractivity contribution in [1.82, 2.24) is 24.6 Å². The van der Waals surface area contributed by atoms with Gasteiger partial charge in [-0.15, -0.1) is 0 Å². The van der Waals surface area contributed by atoms with E-state index in [1.165, 1.54) is 12.8 Å². The average molecular weight is 370 g/mol. The van der Waals surface area contributed by atoms with E-state index in [9.17, 15) is 4.79 Å². The van der Waals surface area contributed by atoms with Gasteiger partial charge in [-0.1, -0.05) is 0 Å². The summed E-state index contributed by atoms with van der Waals surface area (Å²) in [6.07, 6.45) is 10.2. The van der Waals surface area contributed by atoms with Crippen molar-refractivity contribution >= 4 is 11.9 Å². The summed E-state index contributed by atoms with van der Waals surface area (Å²) in [5.74, 6) is 0.290. The summed E-state index contributed by atoms with van der Waals surface area (Å²) in [5.41, 5.74) is 2.14. The van der Waals surface area contributed by atoms with Crippen molar-refractivity contribution in [3.63, 3.8) is 0 Å². The van der Waals surface area contributed by atoms with E-state index < -0.39 is 5.97 Å². The number of nitrogens with zero attached hydrogens (tertiary/aromatic N) is 6. The van der Waals surface area contributed by atoms with Crippen LogP contribution in [0.1, 0.15) is 42.9 Å². The third-order valence-corrected chi connectivity index (χ3v) is 5.44. The van der Waals surface area contributed by atoms with Crippen LogP contribution in [0.2, 0.25) is 0 Å². The molecule has 2 fully saturated rings. The molecule has 0 radical (unpaired) electrons. The van der Waals surface area contributed by atoms with Crippen LogP contribution in [0.3, 0.4) is 0 Å². The molecule has 1 N–H and O–H groups in total. The Balaban J connectivity index is 1.38. The highest BCUT2D eigenvalue weighted by molar-refractivity contribution is 5.66. The van der Waals surface area contributed by atoms with Gasteiger partial charge in [-0.05, 0) is 38.3 Å². The second-order valence-electron chi connectivity index (χ2n) is 7.47. The van der Waals surface area contributed by atoms with E-state index in [1.807, 2.05) is 18.5 Å². The molecule has 0 aliphatic carbocycles. The Morgan fingerprint density at radius 3 is 2.67 bits per heavy atom. The van der Waals surface area contributed by atoms with Crippen molar-refractivity contribution in [3.05, 3.63) is 35.9 Å². The molecule has 0 unspecified atom stereocenters. The summed E-state index contributed by atoms with van der Waals surface area (Å²) in [5, 5.41) is 13.2. The van der Waals surface area contributed by atoms with Crippen LogP contribution in [-0.2, 0) is 17.9 Å². The van der Waals surface area contributed by atoms with E-state index in [4.69, 9.17) is 5.11 Å². The lowest BCUT2D eigenvalue weighted by Crippen LogP contribution is -2.35. The number of aromatic nitrogens is 4. The number of piperidine rings is 1. The zero-order chi connectivity index (χ0) is 18.6. The zero-order valence-corrected chi connectivity index (χ0v) is 15.5. The summed E-state index contributed by atoms with van der Waals surface area (Å²) in [7, 11) is 0. The summed E-state index contributed by atoms with van der Waals surface area (Å²) in [6.45, 7) is 4.79. The van der Waals surface area contributed by atoms with Crippen LogP contribution in [0.5, 0.6) is 0 Å². The Hall–Kier alpha value is -2.48. The number of carboxylic acid groups (broad SMARTS) is 1. The largest absolute Gasteiger partial charge is 0.480 e. The standard InChI is InChI=1S/C19H26N6O2/c26-18(27)14-25-17(5-6-22-25)16-4-3-7-23(13-16)12-15-10-20-19(21-11-15)24-8-1-2-9-24/h5-6,10-11,16H,1-4,7-9,12-14H2,(H,26,27)/t16-/m0/s1. The van der Waals surface area contributed by atoms with E-state index in [1.54, 1.807) is 10.9 Å². The molecular weight excluding hydrogens is 344 g/mol. The molecule has 0 spiro atoms. The van der Waals surface area contributed by atoms with E-state index in [0.717, 1.165) is 62.8 Å². The highest BCUT2D eigenvalue weighted by Crippen LogP contribution is 2.27. The maximum Gasteiger partial charge on any atom is 0.325 e. The Kier molecular flexibility index (Phi) is 5.33. The SMILES string of the molecule is O=C(O)Cn1nccc1[C@H]1CCCN(Cc2cnc(N3CCCC3)nc2)C1. The highest BCUT2D eigenvalue weighted by atomic mass is 16.4. The third-order valence-electron chi connectivity index (χ3n) is 5.44. The number of hydrogen-bond acceptors (Lipinski definition) is 6. The number of hydrogen-bond donors (Lipinski definition) is 1. The number of rotatable bonds is 6. The second-order valence-corrected chi connectivity index (χ2v) is 7.47. The van der Waals surface area contributed by atoms with Crippen molar-refractivity contribution < 1.29 is 9.90 Å². The molecule has 0 amide bonds. The molecule has 2 aliphatic rings. The monoisotopic (exact) mass is 370 g/mol. The fourth-order valence-electron chi connectivity index (χ4n) is 4.16.